The summed E-state index contributed by atoms with van der Waals surface area (Å²) in [7, 11) is 0. The summed E-state index contributed by atoms with van der Waals surface area (Å²) in [5.74, 6) is 0. The van der Waals surface area contributed by atoms with Gasteiger partial charge in [-0.1, -0.05) is 6.07 Å². The van der Waals surface area contributed by atoms with Crippen LogP contribution in [-0.2, 0) is 6.54 Å². The minimum Gasteiger partial charge on any atom is -0.314 e. The summed E-state index contributed by atoms with van der Waals surface area (Å²) in [5, 5.41) is 12.7. The molecule has 4 aromatic rings. The van der Waals surface area contributed by atoms with Crippen molar-refractivity contribution in [3.63, 3.8) is 0 Å². The number of hydrogen-bond donors (Lipinski definition) is 0. The van der Waals surface area contributed by atoms with Crippen LogP contribution in [-0.4, -0.2) is 29.4 Å². The average Bonchev–Trinajstić information content (AvgIpc) is 3.00. The summed E-state index contributed by atoms with van der Waals surface area (Å²) >= 11 is 0. The molecule has 114 valence electrons. The van der Waals surface area contributed by atoms with Crippen molar-refractivity contribution in [2.24, 2.45) is 0 Å². The molecule has 7 heteroatoms. The number of pyridine rings is 2. The third-order valence-electron chi connectivity index (χ3n) is 3.90. The van der Waals surface area contributed by atoms with Crippen LogP contribution in [0.4, 0.5) is 0 Å². The van der Waals surface area contributed by atoms with Gasteiger partial charge in [-0.15, -0.1) is 10.2 Å². The van der Waals surface area contributed by atoms with Gasteiger partial charge in [-0.2, -0.15) is 5.10 Å². The van der Waals surface area contributed by atoms with Crippen molar-refractivity contribution < 1.29 is 0 Å². The minimum absolute atomic E-state index is 0.159. The Bertz CT molecular complexity index is 1080. The number of aromatic nitrogens is 6. The van der Waals surface area contributed by atoms with Gasteiger partial charge in [0.25, 0.3) is 5.56 Å². The van der Waals surface area contributed by atoms with Crippen molar-refractivity contribution in [1.82, 2.24) is 29.4 Å². The van der Waals surface area contributed by atoms with E-state index in [0.717, 1.165) is 16.8 Å². The van der Waals surface area contributed by atoms with E-state index >= 15 is 0 Å². The first-order chi connectivity index (χ1) is 11.2. The van der Waals surface area contributed by atoms with Crippen LogP contribution < -0.4 is 5.56 Å². The molecular formula is C16H14N6O. The SMILES string of the molecule is CCn1ccc2c(nnc3c(-c4ccc(C)nc4)cnn32)c1=O. The lowest BCUT2D eigenvalue weighted by atomic mass is 10.1. The molecule has 0 aromatic carbocycles. The molecule has 0 aliphatic carbocycles. The number of hydrogen-bond acceptors (Lipinski definition) is 5. The molecule has 0 saturated heterocycles. The smallest absolute Gasteiger partial charge is 0.280 e. The first-order valence-corrected chi connectivity index (χ1v) is 7.35. The van der Waals surface area contributed by atoms with Crippen molar-refractivity contribution in [1.29, 1.82) is 0 Å². The Morgan fingerprint density at radius 3 is 2.74 bits per heavy atom. The summed E-state index contributed by atoms with van der Waals surface area (Å²) in [5.41, 5.74) is 4.12. The van der Waals surface area contributed by atoms with E-state index in [1.165, 1.54) is 0 Å². The van der Waals surface area contributed by atoms with E-state index in [0.29, 0.717) is 23.2 Å². The van der Waals surface area contributed by atoms with Gasteiger partial charge in [0.1, 0.15) is 5.52 Å². The van der Waals surface area contributed by atoms with E-state index in [2.05, 4.69) is 20.3 Å². The van der Waals surface area contributed by atoms with Gasteiger partial charge in [0.15, 0.2) is 11.2 Å². The fraction of sp³-hybridized carbons (Fsp3) is 0.188. The third-order valence-corrected chi connectivity index (χ3v) is 3.90. The molecule has 4 aromatic heterocycles. The topological polar surface area (TPSA) is 78.0 Å². The van der Waals surface area contributed by atoms with Crippen LogP contribution in [0.1, 0.15) is 12.6 Å². The lowest BCUT2D eigenvalue weighted by Crippen LogP contribution is -2.20. The number of nitrogens with zero attached hydrogens (tertiary/aromatic N) is 6. The minimum atomic E-state index is -0.159. The molecule has 0 saturated carbocycles. The highest BCUT2D eigenvalue weighted by Crippen LogP contribution is 2.23. The molecule has 0 atom stereocenters. The molecule has 0 aliphatic heterocycles. The van der Waals surface area contributed by atoms with Gasteiger partial charge in [-0.3, -0.25) is 9.78 Å². The molecular weight excluding hydrogens is 292 g/mol. The second-order valence-corrected chi connectivity index (χ2v) is 5.32. The second-order valence-electron chi connectivity index (χ2n) is 5.32. The lowest BCUT2D eigenvalue weighted by molar-refractivity contribution is 0.729. The standard InChI is InChI=1S/C16H14N6O/c1-3-21-7-6-13-14(16(21)23)19-20-15-12(9-18-22(13)15)11-5-4-10(2)17-8-11/h4-9H,3H2,1-2H3. The van der Waals surface area contributed by atoms with Crippen LogP contribution in [0.3, 0.4) is 0 Å². The van der Waals surface area contributed by atoms with Gasteiger partial charge < -0.3 is 4.57 Å². The quantitative estimate of drug-likeness (QED) is 0.564. The molecule has 0 amide bonds. The van der Waals surface area contributed by atoms with Crippen molar-refractivity contribution in [2.75, 3.05) is 0 Å². The maximum absolute atomic E-state index is 12.3. The number of fused-ring (bicyclic) bond motifs is 3. The van der Waals surface area contributed by atoms with Crippen molar-refractivity contribution in [3.8, 4) is 11.1 Å². The molecule has 4 heterocycles. The highest BCUT2D eigenvalue weighted by Gasteiger charge is 2.14. The molecule has 0 bridgehead atoms. The maximum atomic E-state index is 12.3. The van der Waals surface area contributed by atoms with Crippen LogP contribution >= 0.6 is 0 Å². The first kappa shape index (κ1) is 13.6. The number of aryl methyl sites for hydroxylation is 2. The highest BCUT2D eigenvalue weighted by atomic mass is 16.1. The highest BCUT2D eigenvalue weighted by molar-refractivity contribution is 5.82. The van der Waals surface area contributed by atoms with Gasteiger partial charge in [0.05, 0.1) is 11.8 Å². The molecule has 0 aliphatic rings. The van der Waals surface area contributed by atoms with Gasteiger partial charge in [0, 0.05) is 30.2 Å². The van der Waals surface area contributed by atoms with E-state index in [4.69, 9.17) is 0 Å². The van der Waals surface area contributed by atoms with Crippen LogP contribution in [0.5, 0.6) is 0 Å². The summed E-state index contributed by atoms with van der Waals surface area (Å²) in [6.45, 7) is 4.44. The van der Waals surface area contributed by atoms with Crippen LogP contribution in [0, 0.1) is 6.92 Å². The first-order valence-electron chi connectivity index (χ1n) is 7.35. The Balaban J connectivity index is 2.01. The predicted molar refractivity (Wildman–Crippen MR) is 86.2 cm³/mol. The van der Waals surface area contributed by atoms with E-state index in [9.17, 15) is 4.79 Å². The van der Waals surface area contributed by atoms with Crippen LogP contribution in [0.25, 0.3) is 27.8 Å². The maximum Gasteiger partial charge on any atom is 0.280 e. The van der Waals surface area contributed by atoms with Crippen molar-refractivity contribution in [3.05, 3.63) is 52.8 Å². The second kappa shape index (κ2) is 4.98. The normalized spacial score (nSPS) is 11.4. The summed E-state index contributed by atoms with van der Waals surface area (Å²) in [6.07, 6.45) is 5.26. The van der Waals surface area contributed by atoms with E-state index in [1.807, 2.05) is 32.0 Å². The largest absolute Gasteiger partial charge is 0.314 e. The molecule has 0 radical (unpaired) electrons. The lowest BCUT2D eigenvalue weighted by Gasteiger charge is -2.04. The monoisotopic (exact) mass is 306 g/mol. The summed E-state index contributed by atoms with van der Waals surface area (Å²) in [4.78, 5) is 16.6. The zero-order chi connectivity index (χ0) is 16.0. The Labute approximate surface area is 131 Å². The fourth-order valence-electron chi connectivity index (χ4n) is 2.61. The summed E-state index contributed by atoms with van der Waals surface area (Å²) in [6, 6.07) is 5.75. The van der Waals surface area contributed by atoms with E-state index in [1.54, 1.807) is 27.7 Å². The van der Waals surface area contributed by atoms with Crippen molar-refractivity contribution >= 4 is 16.7 Å². The third kappa shape index (κ3) is 2.01. The zero-order valence-electron chi connectivity index (χ0n) is 12.8. The van der Waals surface area contributed by atoms with Gasteiger partial charge in [-0.05, 0) is 26.0 Å². The van der Waals surface area contributed by atoms with Gasteiger partial charge in [0.2, 0.25) is 0 Å². The van der Waals surface area contributed by atoms with Crippen LogP contribution in [0.2, 0.25) is 0 Å². The molecule has 0 fully saturated rings. The van der Waals surface area contributed by atoms with E-state index in [-0.39, 0.29) is 5.56 Å². The molecule has 0 unspecified atom stereocenters. The number of rotatable bonds is 2. The summed E-state index contributed by atoms with van der Waals surface area (Å²) < 4.78 is 3.25. The van der Waals surface area contributed by atoms with Gasteiger partial charge >= 0.3 is 0 Å². The van der Waals surface area contributed by atoms with Crippen LogP contribution in [0.15, 0.2) is 41.6 Å². The molecule has 4 rings (SSSR count). The van der Waals surface area contributed by atoms with Crippen molar-refractivity contribution in [2.45, 2.75) is 20.4 Å². The zero-order valence-corrected chi connectivity index (χ0v) is 12.8. The van der Waals surface area contributed by atoms with Gasteiger partial charge in [-0.25, -0.2) is 4.52 Å². The average molecular weight is 306 g/mol. The molecule has 0 N–H and O–H groups in total. The molecule has 0 spiro atoms. The fourth-order valence-corrected chi connectivity index (χ4v) is 2.61. The predicted octanol–water partition coefficient (Wildman–Crippen LogP) is 1.83. The Morgan fingerprint density at radius 2 is 2.00 bits per heavy atom. The Hall–Kier alpha value is -3.09. The van der Waals surface area contributed by atoms with E-state index < -0.39 is 0 Å². The Kier molecular flexibility index (Phi) is 2.94. The Morgan fingerprint density at radius 1 is 1.13 bits per heavy atom. The molecule has 23 heavy (non-hydrogen) atoms. The molecule has 7 nitrogen and oxygen atoms in total.